The maximum atomic E-state index is 12.3. The summed E-state index contributed by atoms with van der Waals surface area (Å²) >= 11 is 0. The molecule has 8 heteroatoms. The summed E-state index contributed by atoms with van der Waals surface area (Å²) in [6.45, 7) is 13.5. The molecule has 0 spiro atoms. The number of amides is 1. The number of anilines is 2. The Bertz CT molecular complexity index is 1410. The fraction of sp³-hybridized carbons (Fsp3) is 0.406. The third-order valence-electron chi connectivity index (χ3n) is 8.09. The SMILES string of the molecule is CCN1CCN(CC2=C/C(Nc3ncc4c(n3)C(C)(C)Oc3cc(N5CCCC5=O)ccc3-4)=C\C=C\C=C\2)CC1. The van der Waals surface area contributed by atoms with Crippen LogP contribution in [0.2, 0.25) is 0 Å². The first-order valence-electron chi connectivity index (χ1n) is 14.4. The Morgan fingerprint density at radius 1 is 1.02 bits per heavy atom. The average Bonchev–Trinajstić information content (AvgIpc) is 3.37. The van der Waals surface area contributed by atoms with E-state index in [4.69, 9.17) is 14.7 Å². The highest BCUT2D eigenvalue weighted by atomic mass is 16.5. The van der Waals surface area contributed by atoms with Crippen molar-refractivity contribution in [3.63, 3.8) is 0 Å². The van der Waals surface area contributed by atoms with Crippen LogP contribution in [0.15, 0.2) is 72.1 Å². The van der Waals surface area contributed by atoms with Crippen LogP contribution in [0, 0.1) is 0 Å². The van der Waals surface area contributed by atoms with Crippen molar-refractivity contribution in [1.82, 2.24) is 19.8 Å². The highest BCUT2D eigenvalue weighted by Crippen LogP contribution is 2.46. The van der Waals surface area contributed by atoms with Gasteiger partial charge in [-0.3, -0.25) is 9.69 Å². The van der Waals surface area contributed by atoms with Crippen LogP contribution in [0.3, 0.4) is 0 Å². The number of benzene rings is 1. The lowest BCUT2D eigenvalue weighted by Gasteiger charge is -2.34. The van der Waals surface area contributed by atoms with Crippen molar-refractivity contribution in [3.05, 3.63) is 77.8 Å². The first kappa shape index (κ1) is 26.5. The summed E-state index contributed by atoms with van der Waals surface area (Å²) in [7, 11) is 0. The zero-order valence-electron chi connectivity index (χ0n) is 23.7. The third-order valence-corrected chi connectivity index (χ3v) is 8.09. The van der Waals surface area contributed by atoms with Gasteiger partial charge in [0.2, 0.25) is 11.9 Å². The molecule has 40 heavy (non-hydrogen) atoms. The Balaban J connectivity index is 1.23. The predicted octanol–water partition coefficient (Wildman–Crippen LogP) is 4.88. The minimum Gasteiger partial charge on any atom is -0.481 e. The van der Waals surface area contributed by atoms with Gasteiger partial charge in [0.05, 0.1) is 5.69 Å². The number of hydrogen-bond acceptors (Lipinski definition) is 7. The number of aromatic nitrogens is 2. The van der Waals surface area contributed by atoms with Gasteiger partial charge in [-0.1, -0.05) is 31.2 Å². The van der Waals surface area contributed by atoms with E-state index in [0.29, 0.717) is 12.4 Å². The average molecular weight is 539 g/mol. The molecule has 8 nitrogen and oxygen atoms in total. The topological polar surface area (TPSA) is 73.8 Å². The van der Waals surface area contributed by atoms with Gasteiger partial charge >= 0.3 is 0 Å². The highest BCUT2D eigenvalue weighted by molar-refractivity contribution is 5.96. The molecular formula is C32H38N6O2. The maximum absolute atomic E-state index is 12.3. The Hall–Kier alpha value is -3.75. The van der Waals surface area contributed by atoms with Gasteiger partial charge in [-0.2, -0.15) is 0 Å². The number of rotatable bonds is 6. The number of likely N-dealkylation sites (N-methyl/N-ethyl adjacent to an activating group) is 1. The molecule has 1 aliphatic carbocycles. The minimum atomic E-state index is -0.658. The molecule has 6 rings (SSSR count). The molecule has 4 aliphatic rings. The van der Waals surface area contributed by atoms with Crippen molar-refractivity contribution in [2.24, 2.45) is 0 Å². The smallest absolute Gasteiger partial charge is 0.227 e. The van der Waals surface area contributed by atoms with E-state index in [0.717, 1.165) is 86.2 Å². The summed E-state index contributed by atoms with van der Waals surface area (Å²) in [6.07, 6.45) is 16.0. The van der Waals surface area contributed by atoms with Crippen molar-refractivity contribution < 1.29 is 9.53 Å². The number of ether oxygens (including phenoxy) is 1. The Kier molecular flexibility index (Phi) is 7.29. The van der Waals surface area contributed by atoms with Gasteiger partial charge in [0, 0.05) is 80.5 Å². The van der Waals surface area contributed by atoms with Gasteiger partial charge in [0.25, 0.3) is 0 Å². The monoisotopic (exact) mass is 538 g/mol. The molecule has 0 radical (unpaired) electrons. The molecule has 1 amide bonds. The van der Waals surface area contributed by atoms with Gasteiger partial charge in [-0.25, -0.2) is 9.97 Å². The summed E-state index contributed by atoms with van der Waals surface area (Å²) in [5.74, 6) is 1.46. The van der Waals surface area contributed by atoms with Crippen molar-refractivity contribution in [3.8, 4) is 16.9 Å². The molecule has 1 aromatic carbocycles. The van der Waals surface area contributed by atoms with Crippen LogP contribution in [0.4, 0.5) is 11.6 Å². The van der Waals surface area contributed by atoms with Crippen molar-refractivity contribution >= 4 is 17.5 Å². The van der Waals surface area contributed by atoms with Crippen molar-refractivity contribution in [2.45, 2.75) is 39.2 Å². The van der Waals surface area contributed by atoms with E-state index in [1.807, 2.05) is 49.2 Å². The van der Waals surface area contributed by atoms with E-state index in [2.05, 4.69) is 52.4 Å². The molecule has 0 atom stereocenters. The summed E-state index contributed by atoms with van der Waals surface area (Å²) in [5, 5.41) is 3.45. The predicted molar refractivity (Wildman–Crippen MR) is 159 cm³/mol. The molecule has 4 heterocycles. The second-order valence-corrected chi connectivity index (χ2v) is 11.3. The number of carbonyl (C=O) groups is 1. The van der Waals surface area contributed by atoms with Crippen LogP contribution in [0.5, 0.6) is 5.75 Å². The quantitative estimate of drug-likeness (QED) is 0.562. The number of piperazine rings is 1. The van der Waals surface area contributed by atoms with Crippen LogP contribution in [0.25, 0.3) is 11.1 Å². The summed E-state index contributed by atoms with van der Waals surface area (Å²) in [6, 6.07) is 5.99. The first-order chi connectivity index (χ1) is 19.4. The molecule has 208 valence electrons. The van der Waals surface area contributed by atoms with Gasteiger partial charge in [0.1, 0.15) is 11.4 Å². The van der Waals surface area contributed by atoms with Crippen LogP contribution in [-0.4, -0.2) is 71.5 Å². The molecule has 0 unspecified atom stereocenters. The van der Waals surface area contributed by atoms with Gasteiger partial charge in [-0.05, 0) is 56.7 Å². The molecule has 2 fully saturated rings. The largest absolute Gasteiger partial charge is 0.481 e. The number of allylic oxidation sites excluding steroid dienone is 5. The molecule has 1 N–H and O–H groups in total. The van der Waals surface area contributed by atoms with Crippen molar-refractivity contribution in [1.29, 1.82) is 0 Å². The lowest BCUT2D eigenvalue weighted by molar-refractivity contribution is -0.117. The Labute approximate surface area is 236 Å². The van der Waals surface area contributed by atoms with E-state index in [1.54, 1.807) is 0 Å². The number of fused-ring (bicyclic) bond motifs is 3. The number of hydrogen-bond donors (Lipinski definition) is 1. The second kappa shape index (κ2) is 11.0. The zero-order valence-corrected chi connectivity index (χ0v) is 23.7. The number of nitrogens with zero attached hydrogens (tertiary/aromatic N) is 5. The van der Waals surface area contributed by atoms with E-state index in [9.17, 15) is 4.79 Å². The van der Waals surface area contributed by atoms with E-state index in [-0.39, 0.29) is 5.91 Å². The van der Waals surface area contributed by atoms with Gasteiger partial charge in [-0.15, -0.1) is 0 Å². The molecule has 0 saturated carbocycles. The summed E-state index contributed by atoms with van der Waals surface area (Å²) in [4.78, 5) is 28.8. The lowest BCUT2D eigenvalue weighted by atomic mass is 9.91. The normalized spacial score (nSPS) is 24.9. The van der Waals surface area contributed by atoms with Crippen LogP contribution >= 0.6 is 0 Å². The fourth-order valence-corrected chi connectivity index (χ4v) is 5.85. The van der Waals surface area contributed by atoms with Gasteiger partial charge in [0.15, 0.2) is 0 Å². The van der Waals surface area contributed by atoms with Crippen LogP contribution < -0.4 is 15.0 Å². The second-order valence-electron chi connectivity index (χ2n) is 11.3. The Morgan fingerprint density at radius 3 is 2.62 bits per heavy atom. The molecule has 1 aromatic heterocycles. The van der Waals surface area contributed by atoms with Crippen molar-refractivity contribution in [2.75, 3.05) is 56.0 Å². The number of nitrogens with one attached hydrogen (secondary N) is 1. The summed E-state index contributed by atoms with van der Waals surface area (Å²) < 4.78 is 6.47. The summed E-state index contributed by atoms with van der Waals surface area (Å²) in [5.41, 5.74) is 5.14. The molecule has 3 aliphatic heterocycles. The molecular weight excluding hydrogens is 500 g/mol. The highest BCUT2D eigenvalue weighted by Gasteiger charge is 2.36. The molecule has 0 bridgehead atoms. The van der Waals surface area contributed by atoms with E-state index >= 15 is 0 Å². The van der Waals surface area contributed by atoms with Gasteiger partial charge < -0.3 is 19.9 Å². The van der Waals surface area contributed by atoms with Crippen LogP contribution in [-0.2, 0) is 10.4 Å². The fourth-order valence-electron chi connectivity index (χ4n) is 5.85. The third kappa shape index (κ3) is 5.46. The molecule has 2 saturated heterocycles. The minimum absolute atomic E-state index is 0.166. The van der Waals surface area contributed by atoms with Crippen LogP contribution in [0.1, 0.15) is 39.3 Å². The first-order valence-corrected chi connectivity index (χ1v) is 14.4. The van der Waals surface area contributed by atoms with E-state index in [1.165, 1.54) is 5.57 Å². The molecule has 2 aromatic rings. The lowest BCUT2D eigenvalue weighted by Crippen LogP contribution is -2.46. The maximum Gasteiger partial charge on any atom is 0.227 e. The van der Waals surface area contributed by atoms with E-state index < -0.39 is 5.60 Å². The number of carbonyl (C=O) groups excluding carboxylic acids is 1. The zero-order chi connectivity index (χ0) is 27.7. The standard InChI is InChI=1S/C32H38N6O2/c1-4-36-15-17-37(18-16-36)22-23-9-6-5-7-10-24(19-23)34-31-33-21-27-26-13-12-25(38-14-8-11-29(38)39)20-28(26)40-32(2,3)30(27)35-31/h5-7,9-10,12-13,19-21H,4,8,11,14-18,22H2,1-3H3,(H,33,34,35)/b6-5?,7-5+,9-6+,10-7?,23-9?,23-19+,24-10+,24-19?. The Morgan fingerprint density at radius 2 is 1.85 bits per heavy atom.